The lowest BCUT2D eigenvalue weighted by Gasteiger charge is -2.06. The normalized spacial score (nSPS) is 10.9. The number of H-pyrrole nitrogens is 2. The highest BCUT2D eigenvalue weighted by Gasteiger charge is 2.11. The Bertz CT molecular complexity index is 1180. The zero-order chi connectivity index (χ0) is 17.4. The minimum Gasteiger partial charge on any atom is -0.382 e. The highest BCUT2D eigenvalue weighted by atomic mass is 16.1. The Morgan fingerprint density at radius 3 is 2.16 bits per heavy atom. The van der Waals surface area contributed by atoms with Gasteiger partial charge in [0.2, 0.25) is 0 Å². The third-order valence-corrected chi connectivity index (χ3v) is 4.11. The number of nitrogens with one attached hydrogen (secondary N) is 2. The van der Waals surface area contributed by atoms with Crippen molar-refractivity contribution in [3.05, 3.63) is 81.4 Å². The Kier molecular flexibility index (Phi) is 3.43. The van der Waals surface area contributed by atoms with Gasteiger partial charge in [-0.2, -0.15) is 5.10 Å². The number of hydrogen-bond acceptors (Lipinski definition) is 4. The quantitative estimate of drug-likeness (QED) is 0.525. The van der Waals surface area contributed by atoms with Crippen molar-refractivity contribution in [1.29, 1.82) is 0 Å². The largest absolute Gasteiger partial charge is 0.382 e. The summed E-state index contributed by atoms with van der Waals surface area (Å²) < 4.78 is 0. The first-order valence-corrected chi connectivity index (χ1v) is 7.70. The van der Waals surface area contributed by atoms with E-state index < -0.39 is 11.1 Å². The summed E-state index contributed by atoms with van der Waals surface area (Å²) in [7, 11) is 0. The lowest BCUT2D eigenvalue weighted by Crippen LogP contribution is -2.18. The van der Waals surface area contributed by atoms with Gasteiger partial charge in [-0.25, -0.2) is 5.10 Å². The molecule has 0 aliphatic rings. The van der Waals surface area contributed by atoms with Gasteiger partial charge in [0.1, 0.15) is 0 Å². The van der Waals surface area contributed by atoms with Crippen LogP contribution in [0.1, 0.15) is 0 Å². The minimum absolute atomic E-state index is 0.00169. The maximum atomic E-state index is 12.3. The molecule has 0 amide bonds. The van der Waals surface area contributed by atoms with Crippen molar-refractivity contribution in [2.24, 2.45) is 0 Å². The summed E-state index contributed by atoms with van der Waals surface area (Å²) in [6, 6.07) is 19.3. The average Bonchev–Trinajstić information content (AvgIpc) is 2.65. The number of nitrogens with zero attached hydrogens (tertiary/aromatic N) is 1. The van der Waals surface area contributed by atoms with Crippen molar-refractivity contribution < 1.29 is 0 Å². The van der Waals surface area contributed by atoms with Gasteiger partial charge in [0.05, 0.1) is 10.8 Å². The highest BCUT2D eigenvalue weighted by molar-refractivity contribution is 5.91. The number of nitrogen functional groups attached to an aromatic ring is 1. The number of anilines is 1. The number of aromatic nitrogens is 3. The fraction of sp³-hybridized carbons (Fsp3) is 0. The average molecular weight is 330 g/mol. The summed E-state index contributed by atoms with van der Waals surface area (Å²) in [4.78, 5) is 27.1. The zero-order valence-corrected chi connectivity index (χ0v) is 13.1. The summed E-state index contributed by atoms with van der Waals surface area (Å²) in [5.41, 5.74) is 8.34. The van der Waals surface area contributed by atoms with Crippen LogP contribution in [-0.4, -0.2) is 15.2 Å². The molecule has 0 aliphatic carbocycles. The molecule has 2 heterocycles. The summed E-state index contributed by atoms with van der Waals surface area (Å²) >= 11 is 0. The van der Waals surface area contributed by atoms with E-state index in [2.05, 4.69) is 15.2 Å². The molecule has 2 aromatic carbocycles. The van der Waals surface area contributed by atoms with Gasteiger partial charge in [-0.1, -0.05) is 54.6 Å². The first-order valence-electron chi connectivity index (χ1n) is 7.70. The van der Waals surface area contributed by atoms with Crippen LogP contribution in [0, 0.1) is 0 Å². The van der Waals surface area contributed by atoms with Gasteiger partial charge in [-0.15, -0.1) is 0 Å². The molecular formula is C19H14N4O2. The van der Waals surface area contributed by atoms with Crippen molar-refractivity contribution in [2.45, 2.75) is 0 Å². The van der Waals surface area contributed by atoms with Crippen molar-refractivity contribution in [1.82, 2.24) is 15.2 Å². The Labute approximate surface area is 142 Å². The maximum Gasteiger partial charge on any atom is 0.272 e. The number of nitrogens with two attached hydrogens (primary N) is 1. The van der Waals surface area contributed by atoms with Crippen LogP contribution < -0.4 is 16.9 Å². The summed E-state index contributed by atoms with van der Waals surface area (Å²) in [6.07, 6.45) is 0. The standard InChI is InChI=1S/C19H14N4O2/c20-17-16-14(18(24)23-22-17)10-15(21-19(16)25)13-8-6-12(7-9-13)11-4-2-1-3-5-11/h1-10H,(H2,20,22)(H,21,25)(H,23,24). The number of pyridine rings is 1. The van der Waals surface area contributed by atoms with Crippen LogP contribution in [0.4, 0.5) is 5.82 Å². The van der Waals surface area contributed by atoms with Gasteiger partial charge in [-0.3, -0.25) is 9.59 Å². The Hall–Kier alpha value is -3.67. The Morgan fingerprint density at radius 1 is 0.800 bits per heavy atom. The SMILES string of the molecule is Nc1n[nH]c(=O)c2cc(-c3ccc(-c4ccccc4)cc3)[nH]c(=O)c12. The van der Waals surface area contributed by atoms with E-state index in [4.69, 9.17) is 5.73 Å². The molecule has 6 nitrogen and oxygen atoms in total. The van der Waals surface area contributed by atoms with E-state index in [0.717, 1.165) is 16.7 Å². The predicted molar refractivity (Wildman–Crippen MR) is 98.3 cm³/mol. The van der Waals surface area contributed by atoms with E-state index in [1.807, 2.05) is 54.6 Å². The summed E-state index contributed by atoms with van der Waals surface area (Å²) in [6.45, 7) is 0. The van der Waals surface area contributed by atoms with Gasteiger partial charge < -0.3 is 10.7 Å². The number of fused-ring (bicyclic) bond motifs is 1. The monoisotopic (exact) mass is 330 g/mol. The predicted octanol–water partition coefficient (Wildman–Crippen LogP) is 2.53. The lowest BCUT2D eigenvalue weighted by atomic mass is 10.0. The van der Waals surface area contributed by atoms with Crippen LogP contribution in [0.25, 0.3) is 33.2 Å². The molecule has 4 aromatic rings. The second-order valence-corrected chi connectivity index (χ2v) is 5.68. The molecule has 122 valence electrons. The van der Waals surface area contributed by atoms with E-state index in [0.29, 0.717) is 5.69 Å². The molecule has 0 saturated heterocycles. The molecule has 0 saturated carbocycles. The number of hydrogen-bond donors (Lipinski definition) is 3. The minimum atomic E-state index is -0.447. The van der Waals surface area contributed by atoms with Crippen LogP contribution in [-0.2, 0) is 0 Å². The van der Waals surface area contributed by atoms with Gasteiger partial charge in [-0.05, 0) is 22.8 Å². The molecular weight excluding hydrogens is 316 g/mol. The van der Waals surface area contributed by atoms with E-state index in [-0.39, 0.29) is 16.6 Å². The van der Waals surface area contributed by atoms with Crippen molar-refractivity contribution in [2.75, 3.05) is 5.73 Å². The zero-order valence-electron chi connectivity index (χ0n) is 13.1. The van der Waals surface area contributed by atoms with Crippen molar-refractivity contribution in [3.8, 4) is 22.4 Å². The first-order chi connectivity index (χ1) is 12.1. The fourth-order valence-corrected chi connectivity index (χ4v) is 2.85. The number of aromatic amines is 2. The van der Waals surface area contributed by atoms with Crippen LogP contribution >= 0.6 is 0 Å². The third kappa shape index (κ3) is 2.59. The number of rotatable bonds is 2. The Balaban J connectivity index is 1.84. The summed E-state index contributed by atoms with van der Waals surface area (Å²) in [5, 5.41) is 6.26. The molecule has 0 fully saturated rings. The molecule has 2 aromatic heterocycles. The van der Waals surface area contributed by atoms with E-state index in [9.17, 15) is 9.59 Å². The molecule has 0 spiro atoms. The van der Waals surface area contributed by atoms with Crippen molar-refractivity contribution in [3.63, 3.8) is 0 Å². The third-order valence-electron chi connectivity index (χ3n) is 4.11. The maximum absolute atomic E-state index is 12.3. The van der Waals surface area contributed by atoms with Gasteiger partial charge in [0, 0.05) is 5.69 Å². The van der Waals surface area contributed by atoms with Gasteiger partial charge in [0.25, 0.3) is 11.1 Å². The first kappa shape index (κ1) is 14.9. The van der Waals surface area contributed by atoms with E-state index >= 15 is 0 Å². The number of benzene rings is 2. The molecule has 0 bridgehead atoms. The second-order valence-electron chi connectivity index (χ2n) is 5.68. The second kappa shape index (κ2) is 5.76. The van der Waals surface area contributed by atoms with Crippen LogP contribution in [0.5, 0.6) is 0 Å². The summed E-state index contributed by atoms with van der Waals surface area (Å²) in [5.74, 6) is 0.00169. The van der Waals surface area contributed by atoms with Gasteiger partial charge in [0.15, 0.2) is 5.82 Å². The fourth-order valence-electron chi connectivity index (χ4n) is 2.85. The molecule has 4 rings (SSSR count). The molecule has 0 unspecified atom stereocenters. The molecule has 25 heavy (non-hydrogen) atoms. The molecule has 0 atom stereocenters. The van der Waals surface area contributed by atoms with Crippen molar-refractivity contribution >= 4 is 16.6 Å². The molecule has 6 heteroatoms. The smallest absolute Gasteiger partial charge is 0.272 e. The topological polar surface area (TPSA) is 105 Å². The molecule has 4 N–H and O–H groups in total. The highest BCUT2D eigenvalue weighted by Crippen LogP contribution is 2.24. The lowest BCUT2D eigenvalue weighted by molar-refractivity contribution is 1.02. The molecule has 0 radical (unpaired) electrons. The van der Waals surface area contributed by atoms with Crippen LogP contribution in [0.3, 0.4) is 0 Å². The van der Waals surface area contributed by atoms with E-state index in [1.165, 1.54) is 0 Å². The van der Waals surface area contributed by atoms with Gasteiger partial charge >= 0.3 is 0 Å². The molecule has 0 aliphatic heterocycles. The Morgan fingerprint density at radius 2 is 1.44 bits per heavy atom. The van der Waals surface area contributed by atoms with Crippen LogP contribution in [0.15, 0.2) is 70.3 Å². The van der Waals surface area contributed by atoms with E-state index in [1.54, 1.807) is 6.07 Å². The van der Waals surface area contributed by atoms with Crippen LogP contribution in [0.2, 0.25) is 0 Å².